The summed E-state index contributed by atoms with van der Waals surface area (Å²) in [6.45, 7) is 3.69. The monoisotopic (exact) mass is 527 g/mol. The first-order valence-electron chi connectivity index (χ1n) is 9.64. The highest BCUT2D eigenvalue weighted by Crippen LogP contribution is 2.10. The Balaban J connectivity index is 0.00000320. The summed E-state index contributed by atoms with van der Waals surface area (Å²) >= 11 is 0. The normalized spacial score (nSPS) is 14.1. The van der Waals surface area contributed by atoms with Gasteiger partial charge in [-0.1, -0.05) is 12.1 Å². The first-order chi connectivity index (χ1) is 14.2. The third-order valence-electron chi connectivity index (χ3n) is 4.67. The van der Waals surface area contributed by atoms with Crippen LogP contribution >= 0.6 is 24.0 Å². The van der Waals surface area contributed by atoms with Crippen LogP contribution in [0.3, 0.4) is 0 Å². The molecule has 1 aliphatic rings. The molecule has 1 amide bonds. The largest absolute Gasteiger partial charge is 0.356 e. The van der Waals surface area contributed by atoms with Crippen molar-refractivity contribution in [1.29, 1.82) is 0 Å². The van der Waals surface area contributed by atoms with Crippen LogP contribution in [0.4, 0.5) is 10.3 Å². The molecule has 3 rings (SSSR count). The van der Waals surface area contributed by atoms with Crippen LogP contribution in [0.15, 0.2) is 47.7 Å². The molecule has 1 aromatic carbocycles. The fraction of sp³-hybridized carbons (Fsp3) is 0.400. The van der Waals surface area contributed by atoms with Gasteiger partial charge in [-0.25, -0.2) is 14.4 Å². The highest BCUT2D eigenvalue weighted by atomic mass is 127. The van der Waals surface area contributed by atoms with Gasteiger partial charge in [0.15, 0.2) is 5.96 Å². The van der Waals surface area contributed by atoms with Gasteiger partial charge < -0.3 is 20.4 Å². The lowest BCUT2D eigenvalue weighted by molar-refractivity contribution is -0.131. The van der Waals surface area contributed by atoms with Gasteiger partial charge in [-0.05, 0) is 23.8 Å². The molecule has 8 nitrogen and oxygen atoms in total. The molecule has 1 saturated heterocycles. The van der Waals surface area contributed by atoms with Crippen molar-refractivity contribution in [2.75, 3.05) is 44.7 Å². The summed E-state index contributed by atoms with van der Waals surface area (Å²) in [4.78, 5) is 29.1. The second-order valence-corrected chi connectivity index (χ2v) is 6.65. The van der Waals surface area contributed by atoms with Crippen LogP contribution in [0.5, 0.6) is 0 Å². The second kappa shape index (κ2) is 12.3. The molecule has 0 atom stereocenters. The minimum atomic E-state index is -0.267. The molecule has 2 N–H and O–H groups in total. The summed E-state index contributed by atoms with van der Waals surface area (Å²) in [5.74, 6) is 1.12. The molecule has 0 spiro atoms. The molecule has 0 radical (unpaired) electrons. The number of nitrogens with one attached hydrogen (secondary N) is 2. The van der Waals surface area contributed by atoms with E-state index in [2.05, 4.69) is 30.5 Å². The van der Waals surface area contributed by atoms with Crippen molar-refractivity contribution in [3.63, 3.8) is 0 Å². The summed E-state index contributed by atoms with van der Waals surface area (Å²) < 4.78 is 13.2. The van der Waals surface area contributed by atoms with E-state index in [-0.39, 0.29) is 35.7 Å². The van der Waals surface area contributed by atoms with Crippen LogP contribution in [-0.4, -0.2) is 66.5 Å². The Morgan fingerprint density at radius 3 is 2.53 bits per heavy atom. The van der Waals surface area contributed by atoms with Crippen molar-refractivity contribution >= 4 is 41.8 Å². The van der Waals surface area contributed by atoms with E-state index < -0.39 is 0 Å². The Morgan fingerprint density at radius 1 is 1.13 bits per heavy atom. The SMILES string of the molecule is CN=C(NCCC(=O)N1CCN(c2ncccn2)CC1)NCc1cccc(F)c1.I. The van der Waals surface area contributed by atoms with E-state index in [9.17, 15) is 9.18 Å². The van der Waals surface area contributed by atoms with Gasteiger partial charge in [0, 0.05) is 65.1 Å². The number of guanidine groups is 1. The van der Waals surface area contributed by atoms with Crippen molar-refractivity contribution < 1.29 is 9.18 Å². The third-order valence-corrected chi connectivity index (χ3v) is 4.67. The Bertz CT molecular complexity index is 829. The number of benzene rings is 1. The van der Waals surface area contributed by atoms with Crippen molar-refractivity contribution in [3.05, 3.63) is 54.1 Å². The minimum absolute atomic E-state index is 0. The molecular formula is C20H27FIN7O. The third kappa shape index (κ3) is 7.08. The van der Waals surface area contributed by atoms with Gasteiger partial charge in [0.2, 0.25) is 11.9 Å². The van der Waals surface area contributed by atoms with Crippen molar-refractivity contribution in [3.8, 4) is 0 Å². The number of rotatable bonds is 6. The summed E-state index contributed by atoms with van der Waals surface area (Å²) in [5, 5.41) is 6.24. The number of hydrogen-bond acceptors (Lipinski definition) is 5. The number of hydrogen-bond donors (Lipinski definition) is 2. The first kappa shape index (κ1) is 23.8. The molecule has 1 aliphatic heterocycles. The van der Waals surface area contributed by atoms with Gasteiger partial charge in [0.25, 0.3) is 0 Å². The molecule has 1 fully saturated rings. The fourth-order valence-electron chi connectivity index (χ4n) is 3.11. The topological polar surface area (TPSA) is 85.8 Å². The van der Waals surface area contributed by atoms with E-state index in [4.69, 9.17) is 0 Å². The number of anilines is 1. The minimum Gasteiger partial charge on any atom is -0.356 e. The van der Waals surface area contributed by atoms with E-state index in [1.54, 1.807) is 31.6 Å². The zero-order valence-corrected chi connectivity index (χ0v) is 19.3. The highest BCUT2D eigenvalue weighted by molar-refractivity contribution is 14.0. The fourth-order valence-corrected chi connectivity index (χ4v) is 3.11. The maximum atomic E-state index is 13.2. The molecule has 2 heterocycles. The van der Waals surface area contributed by atoms with E-state index in [0.717, 1.165) is 18.7 Å². The Labute approximate surface area is 193 Å². The summed E-state index contributed by atoms with van der Waals surface area (Å²) in [6, 6.07) is 8.19. The van der Waals surface area contributed by atoms with Gasteiger partial charge in [0.05, 0.1) is 0 Å². The van der Waals surface area contributed by atoms with Crippen LogP contribution in [0.2, 0.25) is 0 Å². The molecule has 10 heteroatoms. The number of carbonyl (C=O) groups excluding carboxylic acids is 1. The Morgan fingerprint density at radius 2 is 1.87 bits per heavy atom. The highest BCUT2D eigenvalue weighted by Gasteiger charge is 2.22. The summed E-state index contributed by atoms with van der Waals surface area (Å²) in [6.07, 6.45) is 3.82. The van der Waals surface area contributed by atoms with Crippen molar-refractivity contribution in [2.24, 2.45) is 4.99 Å². The molecule has 0 unspecified atom stereocenters. The van der Waals surface area contributed by atoms with Gasteiger partial charge in [-0.3, -0.25) is 9.79 Å². The molecular weight excluding hydrogens is 500 g/mol. The van der Waals surface area contributed by atoms with Crippen LogP contribution in [0, 0.1) is 5.82 Å². The molecule has 0 bridgehead atoms. The number of nitrogens with zero attached hydrogens (tertiary/aromatic N) is 5. The molecule has 2 aromatic rings. The van der Waals surface area contributed by atoms with E-state index in [0.29, 0.717) is 44.5 Å². The maximum Gasteiger partial charge on any atom is 0.225 e. The average molecular weight is 527 g/mol. The average Bonchev–Trinajstić information content (AvgIpc) is 2.76. The van der Waals surface area contributed by atoms with Crippen LogP contribution in [0.1, 0.15) is 12.0 Å². The second-order valence-electron chi connectivity index (χ2n) is 6.65. The molecule has 0 saturated carbocycles. The zero-order chi connectivity index (χ0) is 20.5. The van der Waals surface area contributed by atoms with Crippen LogP contribution < -0.4 is 15.5 Å². The summed E-state index contributed by atoms with van der Waals surface area (Å²) in [5.41, 5.74) is 0.823. The zero-order valence-electron chi connectivity index (χ0n) is 16.9. The number of amides is 1. The Kier molecular flexibility index (Phi) is 9.71. The lowest BCUT2D eigenvalue weighted by Gasteiger charge is -2.34. The van der Waals surface area contributed by atoms with Gasteiger partial charge in [-0.15, -0.1) is 24.0 Å². The van der Waals surface area contributed by atoms with Crippen LogP contribution in [0.25, 0.3) is 0 Å². The molecule has 30 heavy (non-hydrogen) atoms. The summed E-state index contributed by atoms with van der Waals surface area (Å²) in [7, 11) is 1.66. The van der Waals surface area contributed by atoms with Gasteiger partial charge in [-0.2, -0.15) is 0 Å². The maximum absolute atomic E-state index is 13.2. The predicted octanol–water partition coefficient (Wildman–Crippen LogP) is 1.64. The van der Waals surface area contributed by atoms with Crippen molar-refractivity contribution in [1.82, 2.24) is 25.5 Å². The van der Waals surface area contributed by atoms with Crippen LogP contribution in [-0.2, 0) is 11.3 Å². The Hall–Kier alpha value is -2.50. The lowest BCUT2D eigenvalue weighted by Crippen LogP contribution is -2.50. The smallest absolute Gasteiger partial charge is 0.225 e. The predicted molar refractivity (Wildman–Crippen MR) is 125 cm³/mol. The number of carbonyl (C=O) groups is 1. The molecule has 0 aliphatic carbocycles. The van der Waals surface area contributed by atoms with E-state index in [1.807, 2.05) is 11.0 Å². The quantitative estimate of drug-likeness (QED) is 0.338. The van der Waals surface area contributed by atoms with Gasteiger partial charge >= 0.3 is 0 Å². The first-order valence-corrected chi connectivity index (χ1v) is 9.64. The number of piperazine rings is 1. The van der Waals surface area contributed by atoms with Crippen molar-refractivity contribution in [2.45, 2.75) is 13.0 Å². The molecule has 1 aromatic heterocycles. The van der Waals surface area contributed by atoms with E-state index >= 15 is 0 Å². The lowest BCUT2D eigenvalue weighted by atomic mass is 10.2. The molecule has 162 valence electrons. The number of aromatic nitrogens is 2. The number of halogens is 2. The number of aliphatic imine (C=N–C) groups is 1. The van der Waals surface area contributed by atoms with Gasteiger partial charge in [0.1, 0.15) is 5.82 Å². The van der Waals surface area contributed by atoms with E-state index in [1.165, 1.54) is 12.1 Å². The standard InChI is InChI=1S/C20H26FN7O.HI/c1-22-19(26-15-16-4-2-5-17(21)14-16)23-9-6-18(29)27-10-12-28(13-11-27)20-24-7-3-8-25-20;/h2-5,7-8,14H,6,9-13,15H2,1H3,(H2,22,23,26);1H.